The molecular weight excluding hydrogens is 297 g/mol. The number of nitrogens with two attached hydrogens (primary N) is 1. The van der Waals surface area contributed by atoms with Gasteiger partial charge in [-0.2, -0.15) is 0 Å². The zero-order chi connectivity index (χ0) is 15.0. The van der Waals surface area contributed by atoms with Gasteiger partial charge in [-0.15, -0.1) is 11.3 Å². The molecule has 6 heteroatoms. The van der Waals surface area contributed by atoms with Crippen LogP contribution in [0.2, 0.25) is 0 Å². The molecule has 1 heterocycles. The summed E-state index contributed by atoms with van der Waals surface area (Å²) in [5, 5.41) is 2.85. The number of hydrogen-bond donors (Lipinski definition) is 2. The maximum atomic E-state index is 14.0. The van der Waals surface area contributed by atoms with Crippen molar-refractivity contribution in [2.24, 2.45) is 5.84 Å². The first-order valence-corrected chi connectivity index (χ1v) is 7.06. The van der Waals surface area contributed by atoms with Gasteiger partial charge in [0.1, 0.15) is 17.5 Å². The molecule has 0 saturated heterocycles. The molecule has 1 unspecified atom stereocenters. The average molecular weight is 308 g/mol. The molecule has 0 saturated carbocycles. The van der Waals surface area contributed by atoms with Crippen molar-refractivity contribution in [3.8, 4) is 0 Å². The minimum Gasteiger partial charge on any atom is -0.271 e. The van der Waals surface area contributed by atoms with Gasteiger partial charge in [-0.3, -0.25) is 5.84 Å². The van der Waals surface area contributed by atoms with Crippen LogP contribution in [-0.4, -0.2) is 0 Å². The number of rotatable bonds is 3. The highest BCUT2D eigenvalue weighted by atomic mass is 32.1. The Bertz CT molecular complexity index is 777. The summed E-state index contributed by atoms with van der Waals surface area (Å²) in [7, 11) is 0. The quantitative estimate of drug-likeness (QED) is 0.569. The van der Waals surface area contributed by atoms with Crippen molar-refractivity contribution in [3.05, 3.63) is 70.4 Å². The number of thiophene rings is 1. The molecule has 1 aromatic heterocycles. The molecule has 21 heavy (non-hydrogen) atoms. The normalized spacial score (nSPS) is 12.8. The summed E-state index contributed by atoms with van der Waals surface area (Å²) in [5.41, 5.74) is 2.78. The third-order valence-electron chi connectivity index (χ3n) is 3.32. The molecule has 3 rings (SSSR count). The molecule has 0 aliphatic rings. The second-order valence-corrected chi connectivity index (χ2v) is 5.49. The fourth-order valence-electron chi connectivity index (χ4n) is 2.40. The van der Waals surface area contributed by atoms with Crippen LogP contribution in [0.4, 0.5) is 13.2 Å². The molecule has 3 aromatic rings. The summed E-state index contributed by atoms with van der Waals surface area (Å²) in [6.07, 6.45) is 0. The van der Waals surface area contributed by atoms with E-state index in [1.165, 1.54) is 11.3 Å². The molecule has 0 aliphatic carbocycles. The first-order chi connectivity index (χ1) is 10.1. The smallest absolute Gasteiger partial charge is 0.134 e. The molecule has 3 N–H and O–H groups in total. The summed E-state index contributed by atoms with van der Waals surface area (Å²) in [5.74, 6) is 2.60. The van der Waals surface area contributed by atoms with Crippen LogP contribution in [0.5, 0.6) is 0 Å². The Kier molecular flexibility index (Phi) is 3.67. The number of hydrogen-bond acceptors (Lipinski definition) is 3. The number of hydrazine groups is 1. The van der Waals surface area contributed by atoms with E-state index in [-0.39, 0.29) is 5.56 Å². The van der Waals surface area contributed by atoms with Crippen molar-refractivity contribution >= 4 is 21.4 Å². The van der Waals surface area contributed by atoms with Gasteiger partial charge in [0, 0.05) is 22.4 Å². The fourth-order valence-corrected chi connectivity index (χ4v) is 3.35. The van der Waals surface area contributed by atoms with E-state index in [0.29, 0.717) is 17.7 Å². The van der Waals surface area contributed by atoms with Gasteiger partial charge in [0.25, 0.3) is 0 Å². The monoisotopic (exact) mass is 308 g/mol. The summed E-state index contributed by atoms with van der Waals surface area (Å²) in [6, 6.07) is 7.75. The predicted molar refractivity (Wildman–Crippen MR) is 77.3 cm³/mol. The van der Waals surface area contributed by atoms with Gasteiger partial charge in [-0.05, 0) is 22.4 Å². The summed E-state index contributed by atoms with van der Waals surface area (Å²) >= 11 is 1.45. The SMILES string of the molecule is NNC(c1c(F)cc(F)cc1F)c1cccc2ccsc12. The van der Waals surface area contributed by atoms with E-state index in [2.05, 4.69) is 5.43 Å². The van der Waals surface area contributed by atoms with Gasteiger partial charge in [0.2, 0.25) is 0 Å². The third-order valence-corrected chi connectivity index (χ3v) is 4.30. The lowest BCUT2D eigenvalue weighted by atomic mass is 9.97. The van der Waals surface area contributed by atoms with Gasteiger partial charge in [0.15, 0.2) is 0 Å². The van der Waals surface area contributed by atoms with Crippen molar-refractivity contribution in [1.82, 2.24) is 5.43 Å². The Morgan fingerprint density at radius 2 is 1.76 bits per heavy atom. The zero-order valence-electron chi connectivity index (χ0n) is 10.7. The summed E-state index contributed by atoms with van der Waals surface area (Å²) in [6.45, 7) is 0. The Hall–Kier alpha value is -1.89. The molecule has 0 fully saturated rings. The number of fused-ring (bicyclic) bond motifs is 1. The number of nitrogens with one attached hydrogen (secondary N) is 1. The van der Waals surface area contributed by atoms with Crippen LogP contribution in [0.1, 0.15) is 17.2 Å². The highest BCUT2D eigenvalue weighted by molar-refractivity contribution is 7.17. The second-order valence-electron chi connectivity index (χ2n) is 4.57. The molecule has 0 aliphatic heterocycles. The van der Waals surface area contributed by atoms with E-state index in [1.807, 2.05) is 17.5 Å². The lowest BCUT2D eigenvalue weighted by Gasteiger charge is -2.19. The molecule has 1 atom stereocenters. The van der Waals surface area contributed by atoms with Crippen molar-refractivity contribution in [1.29, 1.82) is 0 Å². The molecule has 0 amide bonds. The first-order valence-electron chi connectivity index (χ1n) is 6.18. The molecule has 2 nitrogen and oxygen atoms in total. The van der Waals surface area contributed by atoms with Gasteiger partial charge < -0.3 is 0 Å². The topological polar surface area (TPSA) is 38.0 Å². The maximum Gasteiger partial charge on any atom is 0.134 e. The van der Waals surface area contributed by atoms with E-state index >= 15 is 0 Å². The lowest BCUT2D eigenvalue weighted by Crippen LogP contribution is -2.30. The molecule has 0 radical (unpaired) electrons. The van der Waals surface area contributed by atoms with Crippen molar-refractivity contribution < 1.29 is 13.2 Å². The number of benzene rings is 2. The van der Waals surface area contributed by atoms with Crippen molar-refractivity contribution in [2.45, 2.75) is 6.04 Å². The highest BCUT2D eigenvalue weighted by Gasteiger charge is 2.24. The summed E-state index contributed by atoms with van der Waals surface area (Å²) < 4.78 is 41.9. The molecule has 2 aromatic carbocycles. The van der Waals surface area contributed by atoms with Crippen LogP contribution in [0.25, 0.3) is 10.1 Å². The zero-order valence-corrected chi connectivity index (χ0v) is 11.6. The average Bonchev–Trinajstić information content (AvgIpc) is 2.91. The van der Waals surface area contributed by atoms with Crippen LogP contribution in [0.3, 0.4) is 0 Å². The molecule has 0 bridgehead atoms. The standard InChI is InChI=1S/C15H11F3N2S/c16-9-6-11(17)13(12(18)7-9)14(20-19)10-3-1-2-8-4-5-21-15(8)10/h1-7,14,20H,19H2. The van der Waals surface area contributed by atoms with Crippen molar-refractivity contribution in [2.75, 3.05) is 0 Å². The number of halogens is 3. The van der Waals surface area contributed by atoms with E-state index in [4.69, 9.17) is 5.84 Å². The van der Waals surface area contributed by atoms with E-state index in [9.17, 15) is 13.2 Å². The Morgan fingerprint density at radius 3 is 2.43 bits per heavy atom. The van der Waals surface area contributed by atoms with Crippen LogP contribution in [0.15, 0.2) is 41.8 Å². The highest BCUT2D eigenvalue weighted by Crippen LogP contribution is 2.34. The summed E-state index contributed by atoms with van der Waals surface area (Å²) in [4.78, 5) is 0. The van der Waals surface area contributed by atoms with Crippen molar-refractivity contribution in [3.63, 3.8) is 0 Å². The molecule has 0 spiro atoms. The lowest BCUT2D eigenvalue weighted by molar-refractivity contribution is 0.493. The van der Waals surface area contributed by atoms with Crippen LogP contribution >= 0.6 is 11.3 Å². The van der Waals surface area contributed by atoms with Crippen LogP contribution < -0.4 is 11.3 Å². The van der Waals surface area contributed by atoms with Gasteiger partial charge in [0.05, 0.1) is 6.04 Å². The van der Waals surface area contributed by atoms with Crippen LogP contribution in [0, 0.1) is 17.5 Å². The van der Waals surface area contributed by atoms with E-state index in [1.54, 1.807) is 12.1 Å². The van der Waals surface area contributed by atoms with Gasteiger partial charge in [-0.1, -0.05) is 18.2 Å². The maximum absolute atomic E-state index is 14.0. The minimum absolute atomic E-state index is 0.292. The molecular formula is C15H11F3N2S. The first kappa shape index (κ1) is 14.1. The predicted octanol–water partition coefficient (Wildman–Crippen LogP) is 3.87. The minimum atomic E-state index is -0.969. The van der Waals surface area contributed by atoms with Gasteiger partial charge in [-0.25, -0.2) is 18.6 Å². The Balaban J connectivity index is 2.22. The van der Waals surface area contributed by atoms with Crippen LogP contribution in [-0.2, 0) is 0 Å². The van der Waals surface area contributed by atoms with E-state index in [0.717, 1.165) is 10.1 Å². The van der Waals surface area contributed by atoms with Gasteiger partial charge >= 0.3 is 0 Å². The second kappa shape index (κ2) is 5.48. The molecule has 108 valence electrons. The fraction of sp³-hybridized carbons (Fsp3) is 0.0667. The Morgan fingerprint density at radius 1 is 1.05 bits per heavy atom. The van der Waals surface area contributed by atoms with E-state index < -0.39 is 23.5 Å². The third kappa shape index (κ3) is 2.42. The Labute approximate surface area is 123 Å². The largest absolute Gasteiger partial charge is 0.271 e.